The topological polar surface area (TPSA) is 128 Å². The van der Waals surface area contributed by atoms with Crippen LogP contribution in [0, 0.1) is 35.0 Å². The van der Waals surface area contributed by atoms with Gasteiger partial charge in [-0.3, -0.25) is 15.1 Å². The third kappa shape index (κ3) is 6.52. The van der Waals surface area contributed by atoms with Crippen molar-refractivity contribution in [2.45, 2.75) is 120 Å². The van der Waals surface area contributed by atoms with Gasteiger partial charge in [-0.25, -0.2) is 13.1 Å². The fraction of sp³-hybridized carbons (Fsp3) is 0.929. The Morgan fingerprint density at radius 3 is 2.32 bits per heavy atom. The Morgan fingerprint density at radius 2 is 1.59 bits per heavy atom. The first-order valence-electron chi connectivity index (χ1n) is 15.0. The summed E-state index contributed by atoms with van der Waals surface area (Å²) in [7, 11) is -3.20. The maximum atomic E-state index is 13.8. The minimum Gasteiger partial charge on any atom is -0.387 e. The molecule has 1 heterocycles. The summed E-state index contributed by atoms with van der Waals surface area (Å²) in [6.45, 7) is 1.02. The van der Waals surface area contributed by atoms with Gasteiger partial charge >= 0.3 is 0 Å². The number of carbonyl (C=O) groups excluding carboxylic acids is 1. The van der Waals surface area contributed by atoms with Crippen LogP contribution in [0.25, 0.3) is 0 Å². The van der Waals surface area contributed by atoms with Gasteiger partial charge in [0, 0.05) is 30.6 Å². The zero-order valence-corrected chi connectivity index (χ0v) is 23.5. The molecule has 0 aromatic heterocycles. The molecule has 0 aromatic rings. The monoisotopic (exact) mass is 535 g/mol. The summed E-state index contributed by atoms with van der Waals surface area (Å²) in [6.07, 6.45) is 17.8. The van der Waals surface area contributed by atoms with Crippen molar-refractivity contribution in [3.05, 3.63) is 0 Å². The fourth-order valence-electron chi connectivity index (χ4n) is 8.87. The molecule has 1 aliphatic heterocycles. The predicted molar refractivity (Wildman–Crippen MR) is 147 cm³/mol. The number of nitrogens with zero attached hydrogens (tertiary/aromatic N) is 1. The number of carbonyl (C=O) groups is 1. The first kappa shape index (κ1) is 27.4. The second-order valence-electron chi connectivity index (χ2n) is 13.1. The van der Waals surface area contributed by atoms with Crippen LogP contribution in [0.2, 0.25) is 0 Å². The molecule has 5 rings (SSSR count). The molecule has 4 saturated carbocycles. The van der Waals surface area contributed by atoms with E-state index in [1.807, 2.05) is 0 Å². The number of likely N-dealkylation sites (tertiary alicyclic amines) is 1. The smallest absolute Gasteiger partial charge is 0.237 e. The van der Waals surface area contributed by atoms with Crippen molar-refractivity contribution in [2.75, 3.05) is 12.8 Å². The van der Waals surface area contributed by atoms with Crippen LogP contribution in [-0.2, 0) is 14.8 Å². The molecule has 210 valence electrons. The summed E-state index contributed by atoms with van der Waals surface area (Å²) >= 11 is 0. The molecular weight excluding hydrogens is 486 g/mol. The Balaban J connectivity index is 1.26. The van der Waals surface area contributed by atoms with Gasteiger partial charge in [-0.05, 0) is 87.9 Å². The van der Waals surface area contributed by atoms with Crippen molar-refractivity contribution in [1.29, 1.82) is 5.41 Å². The van der Waals surface area contributed by atoms with E-state index in [0.717, 1.165) is 69.7 Å². The molecule has 1 amide bonds. The van der Waals surface area contributed by atoms with Crippen molar-refractivity contribution in [3.63, 3.8) is 0 Å². The number of amides is 1. The van der Waals surface area contributed by atoms with Crippen LogP contribution in [0.1, 0.15) is 96.3 Å². The molecule has 7 atom stereocenters. The molecule has 1 saturated heterocycles. The summed E-state index contributed by atoms with van der Waals surface area (Å²) in [5.74, 6) is 3.53. The van der Waals surface area contributed by atoms with E-state index >= 15 is 0 Å². The minimum atomic E-state index is -3.20. The molecule has 9 heteroatoms. The van der Waals surface area contributed by atoms with E-state index in [1.165, 1.54) is 51.2 Å². The van der Waals surface area contributed by atoms with Gasteiger partial charge in [-0.2, -0.15) is 0 Å². The van der Waals surface area contributed by atoms with Gasteiger partial charge in [-0.15, -0.1) is 0 Å². The number of sulfonamides is 1. The van der Waals surface area contributed by atoms with E-state index in [1.54, 1.807) is 0 Å². The highest BCUT2D eigenvalue weighted by Gasteiger charge is 2.49. The van der Waals surface area contributed by atoms with E-state index in [2.05, 4.69) is 14.9 Å². The average Bonchev–Trinajstić information content (AvgIpc) is 3.22. The van der Waals surface area contributed by atoms with Gasteiger partial charge in [-0.1, -0.05) is 32.1 Å². The highest BCUT2D eigenvalue weighted by Crippen LogP contribution is 2.47. The summed E-state index contributed by atoms with van der Waals surface area (Å²) in [5.41, 5.74) is 5.98. The lowest BCUT2D eigenvalue weighted by atomic mass is 9.65. The van der Waals surface area contributed by atoms with Gasteiger partial charge in [0.2, 0.25) is 15.9 Å². The standard InChI is InChI=1S/C28H49N5O3S/c1-37(35,36)32-23-13-11-22(12-14-23)31-28(34)26-15-19-9-10-20(27(29)30)16-25(19)33(26)17-21-7-4-6-18-5-2-3-8-24(18)21/h18-26,32H,2-17H2,1H3,(H3,29,30)(H,31,34). The fourth-order valence-corrected chi connectivity index (χ4v) is 9.71. The molecule has 8 nitrogen and oxygen atoms in total. The van der Waals surface area contributed by atoms with Gasteiger partial charge in [0.1, 0.15) is 0 Å². The van der Waals surface area contributed by atoms with Gasteiger partial charge in [0.05, 0.1) is 18.1 Å². The van der Waals surface area contributed by atoms with Crippen molar-refractivity contribution in [2.24, 2.45) is 35.3 Å². The Labute approximate surface area is 223 Å². The molecule has 0 radical (unpaired) electrons. The number of fused-ring (bicyclic) bond motifs is 2. The molecule has 5 N–H and O–H groups in total. The van der Waals surface area contributed by atoms with Crippen molar-refractivity contribution >= 4 is 21.8 Å². The Kier molecular flexibility index (Phi) is 8.51. The summed E-state index contributed by atoms with van der Waals surface area (Å²) in [4.78, 5) is 16.4. The number of hydrogen-bond acceptors (Lipinski definition) is 5. The molecule has 0 aromatic carbocycles. The van der Waals surface area contributed by atoms with E-state index in [9.17, 15) is 13.2 Å². The lowest BCUT2D eigenvalue weighted by Crippen LogP contribution is -2.53. The van der Waals surface area contributed by atoms with Crippen LogP contribution in [0.4, 0.5) is 0 Å². The summed E-state index contributed by atoms with van der Waals surface area (Å²) < 4.78 is 25.9. The molecule has 5 aliphatic rings. The van der Waals surface area contributed by atoms with Crippen molar-refractivity contribution in [3.8, 4) is 0 Å². The zero-order valence-electron chi connectivity index (χ0n) is 22.7. The minimum absolute atomic E-state index is 0.0211. The number of rotatable bonds is 7. The van der Waals surface area contributed by atoms with E-state index in [-0.39, 0.29) is 30.0 Å². The van der Waals surface area contributed by atoms with Crippen LogP contribution in [0.15, 0.2) is 0 Å². The van der Waals surface area contributed by atoms with Crippen molar-refractivity contribution in [1.82, 2.24) is 14.9 Å². The van der Waals surface area contributed by atoms with E-state index in [0.29, 0.717) is 23.7 Å². The maximum absolute atomic E-state index is 13.8. The van der Waals surface area contributed by atoms with Crippen LogP contribution in [-0.4, -0.2) is 62.0 Å². The SMILES string of the molecule is CS(=O)(=O)NC1CCC(NC(=O)C2CC3CCC(C(=N)N)CC3N2CC2CCCC3CCCCC32)CC1. The summed E-state index contributed by atoms with van der Waals surface area (Å²) in [5, 5.41) is 11.5. The Hall–Kier alpha value is -1.19. The third-order valence-electron chi connectivity index (χ3n) is 10.7. The molecule has 37 heavy (non-hydrogen) atoms. The number of nitrogens with two attached hydrogens (primary N) is 1. The summed E-state index contributed by atoms with van der Waals surface area (Å²) in [6, 6.07) is 0.373. The average molecular weight is 536 g/mol. The zero-order chi connectivity index (χ0) is 26.2. The molecule has 4 aliphatic carbocycles. The molecule has 7 unspecified atom stereocenters. The van der Waals surface area contributed by atoms with Crippen LogP contribution in [0.5, 0.6) is 0 Å². The lowest BCUT2D eigenvalue weighted by Gasteiger charge is -2.45. The highest BCUT2D eigenvalue weighted by atomic mass is 32.2. The normalized spacial score (nSPS) is 40.9. The second-order valence-corrected chi connectivity index (χ2v) is 14.9. The predicted octanol–water partition coefficient (Wildman–Crippen LogP) is 3.36. The number of hydrogen-bond donors (Lipinski definition) is 4. The van der Waals surface area contributed by atoms with Gasteiger partial charge in [0.15, 0.2) is 0 Å². The maximum Gasteiger partial charge on any atom is 0.237 e. The molecule has 0 bridgehead atoms. The number of nitrogens with one attached hydrogen (secondary N) is 3. The van der Waals surface area contributed by atoms with Crippen LogP contribution in [0.3, 0.4) is 0 Å². The largest absolute Gasteiger partial charge is 0.387 e. The quantitative estimate of drug-likeness (QED) is 0.294. The Bertz CT molecular complexity index is 932. The van der Waals surface area contributed by atoms with Crippen molar-refractivity contribution < 1.29 is 13.2 Å². The Morgan fingerprint density at radius 1 is 0.892 bits per heavy atom. The second kappa shape index (κ2) is 11.5. The lowest BCUT2D eigenvalue weighted by molar-refractivity contribution is -0.127. The van der Waals surface area contributed by atoms with E-state index < -0.39 is 10.0 Å². The van der Waals surface area contributed by atoms with Gasteiger partial charge in [0.25, 0.3) is 0 Å². The van der Waals surface area contributed by atoms with E-state index in [4.69, 9.17) is 11.1 Å². The van der Waals surface area contributed by atoms with Crippen LogP contribution < -0.4 is 15.8 Å². The first-order chi connectivity index (χ1) is 17.7. The first-order valence-corrected chi connectivity index (χ1v) is 16.9. The highest BCUT2D eigenvalue weighted by molar-refractivity contribution is 7.88. The number of amidine groups is 1. The molecule has 5 fully saturated rings. The van der Waals surface area contributed by atoms with Crippen LogP contribution >= 0.6 is 0 Å². The molecule has 0 spiro atoms. The van der Waals surface area contributed by atoms with Gasteiger partial charge < -0.3 is 11.1 Å². The third-order valence-corrected chi connectivity index (χ3v) is 11.4. The molecular formula is C28H49N5O3S.